The van der Waals surface area contributed by atoms with Gasteiger partial charge in [0, 0.05) is 23.9 Å². The van der Waals surface area contributed by atoms with Crippen molar-refractivity contribution in [1.82, 2.24) is 10.2 Å². The summed E-state index contributed by atoms with van der Waals surface area (Å²) in [7, 11) is 1.61. The normalized spacial score (nSPS) is 11.8. The summed E-state index contributed by atoms with van der Waals surface area (Å²) < 4.78 is 19.3. The Kier molecular flexibility index (Phi) is 9.17. The van der Waals surface area contributed by atoms with Gasteiger partial charge in [-0.2, -0.15) is 0 Å². The SMILES string of the molecule is COc1ccc(CSCC(=O)N(Cc2ccccc2F)C(C)C(=O)NC(C)C)cc1. The Morgan fingerprint density at radius 1 is 1.10 bits per heavy atom. The van der Waals surface area contributed by atoms with Gasteiger partial charge in [0.2, 0.25) is 11.8 Å². The van der Waals surface area contributed by atoms with Crippen LogP contribution in [0.1, 0.15) is 31.9 Å². The fourth-order valence-electron chi connectivity index (χ4n) is 2.86. The van der Waals surface area contributed by atoms with E-state index in [2.05, 4.69) is 5.32 Å². The molecule has 0 fully saturated rings. The highest BCUT2D eigenvalue weighted by atomic mass is 32.2. The Balaban J connectivity index is 2.06. The molecule has 162 valence electrons. The largest absolute Gasteiger partial charge is 0.497 e. The lowest BCUT2D eigenvalue weighted by Crippen LogP contribution is -2.49. The van der Waals surface area contributed by atoms with Crippen LogP contribution in [0.25, 0.3) is 0 Å². The van der Waals surface area contributed by atoms with Gasteiger partial charge in [-0.25, -0.2) is 4.39 Å². The summed E-state index contributed by atoms with van der Waals surface area (Å²) in [6.07, 6.45) is 0. The van der Waals surface area contributed by atoms with Crippen LogP contribution >= 0.6 is 11.8 Å². The summed E-state index contributed by atoms with van der Waals surface area (Å²) in [5.41, 5.74) is 1.45. The van der Waals surface area contributed by atoms with Gasteiger partial charge in [-0.1, -0.05) is 30.3 Å². The van der Waals surface area contributed by atoms with Gasteiger partial charge >= 0.3 is 0 Å². The first-order valence-electron chi connectivity index (χ1n) is 9.85. The molecular weight excluding hydrogens is 403 g/mol. The number of methoxy groups -OCH3 is 1. The predicted molar refractivity (Wildman–Crippen MR) is 119 cm³/mol. The van der Waals surface area contributed by atoms with Gasteiger partial charge in [-0.05, 0) is 44.5 Å². The van der Waals surface area contributed by atoms with Crippen molar-refractivity contribution in [2.45, 2.75) is 45.2 Å². The zero-order valence-electron chi connectivity index (χ0n) is 17.9. The lowest BCUT2D eigenvalue weighted by atomic mass is 10.1. The van der Waals surface area contributed by atoms with Crippen LogP contribution in [0.4, 0.5) is 4.39 Å². The smallest absolute Gasteiger partial charge is 0.242 e. The molecule has 1 N–H and O–H groups in total. The molecule has 0 saturated heterocycles. The van der Waals surface area contributed by atoms with Gasteiger partial charge in [0.15, 0.2) is 0 Å². The third-order valence-electron chi connectivity index (χ3n) is 4.55. The first kappa shape index (κ1) is 23.7. The summed E-state index contributed by atoms with van der Waals surface area (Å²) in [5, 5.41) is 2.83. The molecular formula is C23H29FN2O3S. The molecule has 30 heavy (non-hydrogen) atoms. The highest BCUT2D eigenvalue weighted by molar-refractivity contribution is 7.99. The van der Waals surface area contributed by atoms with E-state index in [0.717, 1.165) is 11.3 Å². The standard InChI is InChI=1S/C23H29FN2O3S/c1-16(2)25-23(28)17(3)26(13-19-7-5-6-8-21(19)24)22(27)15-30-14-18-9-11-20(29-4)12-10-18/h5-12,16-17H,13-15H2,1-4H3,(H,25,28). The van der Waals surface area contributed by atoms with Crippen LogP contribution < -0.4 is 10.1 Å². The third kappa shape index (κ3) is 7.06. The lowest BCUT2D eigenvalue weighted by Gasteiger charge is -2.29. The lowest BCUT2D eigenvalue weighted by molar-refractivity contribution is -0.138. The van der Waals surface area contributed by atoms with Crippen LogP contribution in [0.3, 0.4) is 0 Å². The van der Waals surface area contributed by atoms with E-state index in [0.29, 0.717) is 11.3 Å². The van der Waals surface area contributed by atoms with E-state index < -0.39 is 11.9 Å². The van der Waals surface area contributed by atoms with E-state index >= 15 is 0 Å². The molecule has 0 aromatic heterocycles. The van der Waals surface area contributed by atoms with Crippen molar-refractivity contribution in [3.63, 3.8) is 0 Å². The van der Waals surface area contributed by atoms with Crippen molar-refractivity contribution >= 4 is 23.6 Å². The molecule has 2 amide bonds. The molecule has 0 saturated carbocycles. The maximum Gasteiger partial charge on any atom is 0.242 e. The molecule has 7 heteroatoms. The topological polar surface area (TPSA) is 58.6 Å². The van der Waals surface area contributed by atoms with E-state index in [1.54, 1.807) is 32.2 Å². The van der Waals surface area contributed by atoms with E-state index in [-0.39, 0.29) is 30.2 Å². The molecule has 5 nitrogen and oxygen atoms in total. The van der Waals surface area contributed by atoms with Gasteiger partial charge in [0.25, 0.3) is 0 Å². The number of carbonyl (C=O) groups excluding carboxylic acids is 2. The van der Waals surface area contributed by atoms with Gasteiger partial charge in [0.05, 0.1) is 12.9 Å². The number of carbonyl (C=O) groups is 2. The van der Waals surface area contributed by atoms with Crippen LogP contribution in [0.2, 0.25) is 0 Å². The monoisotopic (exact) mass is 432 g/mol. The number of ether oxygens (including phenoxy) is 1. The maximum absolute atomic E-state index is 14.2. The van der Waals surface area contributed by atoms with Crippen LogP contribution in [0, 0.1) is 5.82 Å². The maximum atomic E-state index is 14.2. The molecule has 0 radical (unpaired) electrons. The fraction of sp³-hybridized carbons (Fsp3) is 0.391. The summed E-state index contributed by atoms with van der Waals surface area (Å²) in [4.78, 5) is 26.9. The van der Waals surface area contributed by atoms with E-state index in [4.69, 9.17) is 4.74 Å². The zero-order valence-corrected chi connectivity index (χ0v) is 18.7. The summed E-state index contributed by atoms with van der Waals surface area (Å²) in [6, 6.07) is 13.2. The zero-order chi connectivity index (χ0) is 22.1. The number of nitrogens with one attached hydrogen (secondary N) is 1. The van der Waals surface area contributed by atoms with Gasteiger partial charge in [-0.15, -0.1) is 11.8 Å². The van der Waals surface area contributed by atoms with Crippen LogP contribution in [0.15, 0.2) is 48.5 Å². The second-order valence-electron chi connectivity index (χ2n) is 7.29. The molecule has 2 aromatic carbocycles. The Bertz CT molecular complexity index is 843. The summed E-state index contributed by atoms with van der Waals surface area (Å²) in [6.45, 7) is 5.43. The number of rotatable bonds is 10. The molecule has 0 aliphatic rings. The second-order valence-corrected chi connectivity index (χ2v) is 8.28. The first-order chi connectivity index (χ1) is 14.3. The molecule has 0 spiro atoms. The van der Waals surface area contributed by atoms with Crippen LogP contribution in [-0.4, -0.2) is 41.7 Å². The number of nitrogens with zero attached hydrogens (tertiary/aromatic N) is 1. The molecule has 0 aliphatic carbocycles. The van der Waals surface area contributed by atoms with Crippen molar-refractivity contribution in [3.05, 3.63) is 65.5 Å². The number of amides is 2. The molecule has 2 rings (SSSR count). The minimum Gasteiger partial charge on any atom is -0.497 e. The number of halogens is 1. The summed E-state index contributed by atoms with van der Waals surface area (Å²) in [5.74, 6) is 0.770. The van der Waals surface area contributed by atoms with E-state index in [1.807, 2.05) is 38.1 Å². The Morgan fingerprint density at radius 3 is 2.37 bits per heavy atom. The number of benzene rings is 2. The fourth-order valence-corrected chi connectivity index (χ4v) is 3.73. The number of hydrogen-bond acceptors (Lipinski definition) is 4. The first-order valence-corrected chi connectivity index (χ1v) is 11.0. The van der Waals surface area contributed by atoms with E-state index in [1.165, 1.54) is 22.7 Å². The average Bonchev–Trinajstić information content (AvgIpc) is 2.72. The van der Waals surface area contributed by atoms with Gasteiger partial charge < -0.3 is 15.0 Å². The highest BCUT2D eigenvalue weighted by Gasteiger charge is 2.27. The molecule has 1 atom stereocenters. The third-order valence-corrected chi connectivity index (χ3v) is 5.54. The van der Waals surface area contributed by atoms with Crippen molar-refractivity contribution in [2.75, 3.05) is 12.9 Å². The van der Waals surface area contributed by atoms with Gasteiger partial charge in [-0.3, -0.25) is 9.59 Å². The average molecular weight is 433 g/mol. The number of thioether (sulfide) groups is 1. The molecule has 1 unspecified atom stereocenters. The summed E-state index contributed by atoms with van der Waals surface area (Å²) >= 11 is 1.46. The van der Waals surface area contributed by atoms with Crippen molar-refractivity contribution < 1.29 is 18.7 Å². The minimum atomic E-state index is -0.707. The van der Waals surface area contributed by atoms with Gasteiger partial charge in [0.1, 0.15) is 17.6 Å². The predicted octanol–water partition coefficient (Wildman–Crippen LogP) is 4.01. The molecule has 0 bridgehead atoms. The van der Waals surface area contributed by atoms with Crippen molar-refractivity contribution in [1.29, 1.82) is 0 Å². The molecule has 0 aliphatic heterocycles. The Hall–Kier alpha value is -2.54. The van der Waals surface area contributed by atoms with Crippen molar-refractivity contribution in [2.24, 2.45) is 0 Å². The Morgan fingerprint density at radius 2 is 1.77 bits per heavy atom. The highest BCUT2D eigenvalue weighted by Crippen LogP contribution is 2.19. The van der Waals surface area contributed by atoms with Crippen LogP contribution in [-0.2, 0) is 21.9 Å². The quantitative estimate of drug-likeness (QED) is 0.616. The molecule has 2 aromatic rings. The number of hydrogen-bond donors (Lipinski definition) is 1. The minimum absolute atomic E-state index is 0.0429. The van der Waals surface area contributed by atoms with Crippen molar-refractivity contribution in [3.8, 4) is 5.75 Å². The second kappa shape index (κ2) is 11.6. The van der Waals surface area contributed by atoms with E-state index in [9.17, 15) is 14.0 Å². The van der Waals surface area contributed by atoms with Crippen LogP contribution in [0.5, 0.6) is 5.75 Å². The Labute approximate surface area is 182 Å². The molecule has 0 heterocycles.